The molecule has 0 saturated carbocycles. The molecule has 3 amide bonds. The molecule has 0 aromatic heterocycles. The smallest absolute Gasteiger partial charge is 0.405 e. The maximum absolute atomic E-state index is 13.4. The van der Waals surface area contributed by atoms with E-state index in [1.54, 1.807) is 45.4 Å². The Kier molecular flexibility index (Phi) is 13.1. The van der Waals surface area contributed by atoms with Gasteiger partial charge in [0.25, 0.3) is 5.91 Å². The van der Waals surface area contributed by atoms with Crippen LogP contribution in [0, 0.1) is 11.8 Å². The van der Waals surface area contributed by atoms with Gasteiger partial charge in [-0.25, -0.2) is 4.79 Å². The number of hydrogen-bond donors (Lipinski definition) is 4. The predicted octanol–water partition coefficient (Wildman–Crippen LogP) is 4.70. The number of carbonyl (C=O) groups is 3. The van der Waals surface area contributed by atoms with Gasteiger partial charge in [-0.3, -0.25) is 9.59 Å². The second-order valence-electron chi connectivity index (χ2n) is 11.3. The number of carbonyl (C=O) groups excluding carboxylic acids is 3. The van der Waals surface area contributed by atoms with Gasteiger partial charge in [-0.05, 0) is 37.8 Å². The van der Waals surface area contributed by atoms with Crippen molar-refractivity contribution in [1.82, 2.24) is 0 Å². The van der Waals surface area contributed by atoms with E-state index < -0.39 is 42.5 Å². The number of hydrogen-bond acceptors (Lipinski definition) is 10. The van der Waals surface area contributed by atoms with Crippen LogP contribution in [0.15, 0.2) is 46.4 Å². The van der Waals surface area contributed by atoms with E-state index in [0.717, 1.165) is 0 Å². The van der Waals surface area contributed by atoms with Gasteiger partial charge in [0.1, 0.15) is 11.9 Å². The topological polar surface area (TPSA) is 168 Å². The van der Waals surface area contributed by atoms with Gasteiger partial charge < -0.3 is 45.2 Å². The van der Waals surface area contributed by atoms with Crippen molar-refractivity contribution in [3.05, 3.63) is 47.1 Å². The number of rotatable bonds is 5. The van der Waals surface area contributed by atoms with Crippen LogP contribution in [-0.4, -0.2) is 81.6 Å². The lowest BCUT2D eigenvalue weighted by Gasteiger charge is -2.34. The molecule has 3 rings (SSSR count). The summed E-state index contributed by atoms with van der Waals surface area (Å²) in [5.41, 5.74) is 7.47. The lowest BCUT2D eigenvalue weighted by Crippen LogP contribution is -2.38. The van der Waals surface area contributed by atoms with Crippen molar-refractivity contribution in [2.45, 2.75) is 69.5 Å². The first-order valence-corrected chi connectivity index (χ1v) is 15.6. The van der Waals surface area contributed by atoms with Crippen LogP contribution in [0.2, 0.25) is 0 Å². The van der Waals surface area contributed by atoms with Crippen LogP contribution in [0.4, 0.5) is 16.2 Å². The fourth-order valence-electron chi connectivity index (χ4n) is 5.85. The number of allylic oxidation sites excluding steroid dienone is 2. The van der Waals surface area contributed by atoms with E-state index >= 15 is 0 Å². The molecule has 2 aliphatic heterocycles. The third-order valence-corrected chi connectivity index (χ3v) is 9.20. The molecule has 2 heterocycles. The molecule has 0 aliphatic carbocycles. The molecule has 0 spiro atoms. The summed E-state index contributed by atoms with van der Waals surface area (Å²) in [6.45, 7) is 7.36. The van der Waals surface area contributed by atoms with Crippen LogP contribution in [0.5, 0.6) is 5.75 Å². The van der Waals surface area contributed by atoms with Crippen LogP contribution in [-0.2, 0) is 33.3 Å². The molecule has 13 heteroatoms. The number of phenolic OH excluding ortho intramolecular Hbond substituents is 1. The molecule has 12 nitrogen and oxygen atoms in total. The lowest BCUT2D eigenvalue weighted by molar-refractivity contribution is -0.114. The average molecular weight is 648 g/mol. The van der Waals surface area contributed by atoms with E-state index in [1.165, 1.54) is 26.0 Å². The number of nitrogens with two attached hydrogens (primary N) is 1. The summed E-state index contributed by atoms with van der Waals surface area (Å²) in [5, 5.41) is 17.3. The van der Waals surface area contributed by atoms with E-state index in [0.29, 0.717) is 33.7 Å². The monoisotopic (exact) mass is 647 g/mol. The molecule has 2 bridgehead atoms. The maximum atomic E-state index is 13.4. The van der Waals surface area contributed by atoms with Crippen LogP contribution < -0.4 is 16.4 Å². The zero-order valence-electron chi connectivity index (χ0n) is 27.0. The SMILES string of the molecule is CO[C@H]1[C@@H](OC)C[C@H](C)[C@@H](OC)c2cc3c(c(c2O)NC(=O)/C(C)=C/C=C\[C@H](OC)[C@@H](OC(N)=O)/C(C)=C/[C@@H]1C)SCC(=O)N3. The van der Waals surface area contributed by atoms with E-state index in [9.17, 15) is 19.5 Å². The number of thioether (sulfide) groups is 1. The quantitative estimate of drug-likeness (QED) is 0.200. The van der Waals surface area contributed by atoms with Gasteiger partial charge in [-0.15, -0.1) is 11.8 Å². The molecular weight excluding hydrogens is 602 g/mol. The van der Waals surface area contributed by atoms with E-state index in [1.807, 2.05) is 26.8 Å². The maximum Gasteiger partial charge on any atom is 0.405 e. The first-order valence-electron chi connectivity index (χ1n) is 14.6. The zero-order chi connectivity index (χ0) is 33.4. The summed E-state index contributed by atoms with van der Waals surface area (Å²) in [7, 11) is 6.21. The lowest BCUT2D eigenvalue weighted by atomic mass is 9.86. The highest BCUT2D eigenvalue weighted by atomic mass is 32.2. The van der Waals surface area contributed by atoms with Crippen molar-refractivity contribution in [2.24, 2.45) is 17.6 Å². The van der Waals surface area contributed by atoms with Crippen LogP contribution in [0.1, 0.15) is 45.8 Å². The van der Waals surface area contributed by atoms with E-state index in [4.69, 9.17) is 29.4 Å². The number of primary amides is 1. The first-order chi connectivity index (χ1) is 21.4. The molecule has 0 unspecified atom stereocenters. The number of methoxy groups -OCH3 is 4. The van der Waals surface area contributed by atoms with Crippen LogP contribution in [0.25, 0.3) is 0 Å². The van der Waals surface area contributed by atoms with Gasteiger partial charge >= 0.3 is 6.09 Å². The fourth-order valence-corrected chi connectivity index (χ4v) is 6.75. The average Bonchev–Trinajstić information content (AvgIpc) is 2.99. The van der Waals surface area contributed by atoms with Crippen molar-refractivity contribution in [2.75, 3.05) is 44.8 Å². The number of amides is 3. The molecule has 248 valence electrons. The van der Waals surface area contributed by atoms with Gasteiger partial charge in [-0.1, -0.05) is 38.2 Å². The summed E-state index contributed by atoms with van der Waals surface area (Å²) in [6.07, 6.45) is 3.19. The molecule has 0 radical (unpaired) electrons. The molecule has 0 fully saturated rings. The Morgan fingerprint density at radius 2 is 1.73 bits per heavy atom. The first kappa shape index (κ1) is 36.1. The summed E-state index contributed by atoms with van der Waals surface area (Å²) < 4.78 is 28.9. The Morgan fingerprint density at radius 3 is 2.33 bits per heavy atom. The minimum Gasteiger partial charge on any atom is -0.505 e. The number of nitrogens with one attached hydrogen (secondary N) is 2. The number of benzene rings is 1. The molecule has 1 aromatic rings. The van der Waals surface area contributed by atoms with Gasteiger partial charge in [0, 0.05) is 45.5 Å². The minimum absolute atomic E-state index is 0.128. The Hall–Kier alpha value is -3.36. The van der Waals surface area contributed by atoms with Crippen molar-refractivity contribution < 1.29 is 43.2 Å². The summed E-state index contributed by atoms with van der Waals surface area (Å²) in [4.78, 5) is 38.1. The molecule has 2 aliphatic rings. The van der Waals surface area contributed by atoms with Crippen molar-refractivity contribution in [3.63, 3.8) is 0 Å². The Labute approximate surface area is 268 Å². The molecule has 1 aromatic carbocycles. The Balaban J connectivity index is 2.22. The fraction of sp³-hybridized carbons (Fsp3) is 0.531. The summed E-state index contributed by atoms with van der Waals surface area (Å²) in [6, 6.07) is 1.69. The van der Waals surface area contributed by atoms with Gasteiger partial charge in [-0.2, -0.15) is 0 Å². The zero-order valence-corrected chi connectivity index (χ0v) is 27.9. The number of fused-ring (bicyclic) bond motifs is 4. The van der Waals surface area contributed by atoms with Crippen LogP contribution in [0.3, 0.4) is 0 Å². The standard InChI is InChI=1S/C32H45N3O9S/c1-16-10-9-11-22(40-5)29(44-32(33)39)18(3)12-17(2)28(43-8)23(41-6)13-19(4)27(42-7)20-14-21-30(45-15-24(36)34-21)25(26(20)37)35-31(16)38/h9-12,14,17,19,22-23,27-29,37H,13,15H2,1-8H3,(H2,33,39)(H,34,36)(H,35,38)/b11-9-,16-10+,18-12+/t17-,19-,22-,23-,27+,28+,29-/m0/s1. The van der Waals surface area contributed by atoms with Gasteiger partial charge in [0.15, 0.2) is 6.10 Å². The minimum atomic E-state index is -0.961. The summed E-state index contributed by atoms with van der Waals surface area (Å²) >= 11 is 1.22. The highest BCUT2D eigenvalue weighted by Crippen LogP contribution is 2.49. The van der Waals surface area contributed by atoms with Crippen molar-refractivity contribution in [3.8, 4) is 5.75 Å². The number of aromatic hydroxyl groups is 1. The highest BCUT2D eigenvalue weighted by molar-refractivity contribution is 8.00. The Morgan fingerprint density at radius 1 is 1.02 bits per heavy atom. The largest absolute Gasteiger partial charge is 0.505 e. The Bertz CT molecular complexity index is 1350. The normalized spacial score (nSPS) is 31.3. The molecule has 0 saturated heterocycles. The number of phenols is 1. The van der Waals surface area contributed by atoms with Crippen molar-refractivity contribution >= 4 is 41.0 Å². The third-order valence-electron chi connectivity index (χ3n) is 8.08. The van der Waals surface area contributed by atoms with Gasteiger partial charge in [0.05, 0.1) is 40.3 Å². The number of anilines is 2. The molecular formula is C32H45N3O9S. The molecule has 45 heavy (non-hydrogen) atoms. The molecule has 5 N–H and O–H groups in total. The predicted molar refractivity (Wildman–Crippen MR) is 172 cm³/mol. The van der Waals surface area contributed by atoms with Crippen LogP contribution >= 0.6 is 11.8 Å². The van der Waals surface area contributed by atoms with Crippen molar-refractivity contribution in [1.29, 1.82) is 0 Å². The van der Waals surface area contributed by atoms with E-state index in [-0.39, 0.29) is 34.9 Å². The summed E-state index contributed by atoms with van der Waals surface area (Å²) in [5.74, 6) is -1.13. The van der Waals surface area contributed by atoms with Gasteiger partial charge in [0.2, 0.25) is 5.91 Å². The second-order valence-corrected chi connectivity index (χ2v) is 12.2. The van der Waals surface area contributed by atoms with E-state index in [2.05, 4.69) is 10.6 Å². The third kappa shape index (κ3) is 8.67. The molecule has 7 atom stereocenters. The highest BCUT2D eigenvalue weighted by Gasteiger charge is 2.35. The number of ether oxygens (including phenoxy) is 5. The second kappa shape index (κ2) is 16.3.